The first-order chi connectivity index (χ1) is 12.3. The number of benzene rings is 2. The second-order valence-electron chi connectivity index (χ2n) is 5.54. The molecule has 25 heavy (non-hydrogen) atoms. The quantitative estimate of drug-likeness (QED) is 0.865. The van der Waals surface area contributed by atoms with Crippen LogP contribution in [0.1, 0.15) is 11.1 Å². The Balaban J connectivity index is 1.76. The molecular weight excluding hydrogens is 310 g/mol. The molecule has 1 aliphatic heterocycles. The second-order valence-corrected chi connectivity index (χ2v) is 5.54. The fraction of sp³-hybridized carbons (Fsp3) is 0.182. The Bertz CT molecular complexity index is 874. The maximum Gasteiger partial charge on any atom is 0.149 e. The van der Waals surface area contributed by atoms with Crippen molar-refractivity contribution in [2.75, 3.05) is 18.5 Å². The highest BCUT2D eigenvalue weighted by molar-refractivity contribution is 5.48. The summed E-state index contributed by atoms with van der Waals surface area (Å²) in [5, 5.41) is 3.41. The van der Waals surface area contributed by atoms with Crippen LogP contribution in [0, 0.1) is 30.6 Å². The predicted molar refractivity (Wildman–Crippen MR) is 101 cm³/mol. The molecule has 0 atom stereocenters. The fourth-order valence-electron chi connectivity index (χ4n) is 2.29. The molecule has 0 aliphatic carbocycles. The number of allylic oxidation sites excluding steroid dienone is 2. The number of aryl methyl sites for hydroxylation is 1. The molecule has 0 radical (unpaired) electrons. The lowest BCUT2D eigenvalue weighted by molar-refractivity contribution is 0.349. The van der Waals surface area contributed by atoms with Gasteiger partial charge < -0.3 is 14.8 Å². The van der Waals surface area contributed by atoms with E-state index in [1.807, 2.05) is 18.2 Å². The summed E-state index contributed by atoms with van der Waals surface area (Å²) in [6.45, 7) is 3.38. The van der Waals surface area contributed by atoms with Gasteiger partial charge in [0, 0.05) is 23.9 Å². The molecule has 0 unspecified atom stereocenters. The van der Waals surface area contributed by atoms with Gasteiger partial charge in [0.25, 0.3) is 0 Å². The maximum atomic E-state index is 5.83. The third kappa shape index (κ3) is 5.09. The van der Waals surface area contributed by atoms with Gasteiger partial charge in [0.15, 0.2) is 0 Å². The molecule has 124 valence electrons. The minimum Gasteiger partial charge on any atom is -0.481 e. The van der Waals surface area contributed by atoms with E-state index in [-0.39, 0.29) is 0 Å². The van der Waals surface area contributed by atoms with Crippen molar-refractivity contribution in [3.05, 3.63) is 65.7 Å². The number of rotatable bonds is 3. The van der Waals surface area contributed by atoms with Crippen LogP contribution < -0.4 is 14.8 Å². The summed E-state index contributed by atoms with van der Waals surface area (Å²) < 4.78 is 11.5. The molecule has 1 aliphatic rings. The standard InChI is InChI=1S/C22H19NO2/c1-18-8-11-20(12-9-18)23-17-19-10-13-21-16-22(19)25-15-7-5-3-2-4-6-14-24-21/h2-3,8-13,16,23H,14-15,17H2,1H3/b3-2-. The van der Waals surface area contributed by atoms with E-state index in [1.165, 1.54) is 5.56 Å². The van der Waals surface area contributed by atoms with E-state index in [4.69, 9.17) is 9.47 Å². The van der Waals surface area contributed by atoms with Gasteiger partial charge in [-0.2, -0.15) is 0 Å². The number of fused-ring (bicyclic) bond motifs is 2. The number of hydrogen-bond acceptors (Lipinski definition) is 3. The molecule has 2 bridgehead atoms. The van der Waals surface area contributed by atoms with Crippen LogP contribution in [0.4, 0.5) is 5.69 Å². The van der Waals surface area contributed by atoms with Gasteiger partial charge in [-0.15, -0.1) is 0 Å². The molecule has 3 heteroatoms. The number of anilines is 1. The van der Waals surface area contributed by atoms with Crippen molar-refractivity contribution >= 4 is 5.69 Å². The maximum absolute atomic E-state index is 5.83. The zero-order chi connectivity index (χ0) is 17.3. The summed E-state index contributed by atoms with van der Waals surface area (Å²) in [5.74, 6) is 13.1. The van der Waals surface area contributed by atoms with Crippen molar-refractivity contribution < 1.29 is 9.47 Å². The number of nitrogens with one attached hydrogen (secondary N) is 1. The van der Waals surface area contributed by atoms with Crippen molar-refractivity contribution in [3.63, 3.8) is 0 Å². The molecule has 0 saturated carbocycles. The number of hydrogen-bond donors (Lipinski definition) is 1. The minimum absolute atomic E-state index is 0.318. The minimum atomic E-state index is 0.318. The summed E-state index contributed by atoms with van der Waals surface area (Å²) in [4.78, 5) is 0. The van der Waals surface area contributed by atoms with E-state index in [2.05, 4.69) is 60.2 Å². The Morgan fingerprint density at radius 2 is 1.64 bits per heavy atom. The Morgan fingerprint density at radius 1 is 0.920 bits per heavy atom. The van der Waals surface area contributed by atoms with Crippen LogP contribution in [0.3, 0.4) is 0 Å². The summed E-state index contributed by atoms with van der Waals surface area (Å²) in [6, 6.07) is 14.1. The summed E-state index contributed by atoms with van der Waals surface area (Å²) in [7, 11) is 0. The lowest BCUT2D eigenvalue weighted by atomic mass is 10.1. The molecule has 3 nitrogen and oxygen atoms in total. The van der Waals surface area contributed by atoms with Crippen LogP contribution >= 0.6 is 0 Å². The molecule has 2 aromatic carbocycles. The van der Waals surface area contributed by atoms with E-state index < -0.39 is 0 Å². The average Bonchev–Trinajstić information content (AvgIpc) is 2.65. The molecule has 1 heterocycles. The molecule has 0 saturated heterocycles. The van der Waals surface area contributed by atoms with Crippen molar-refractivity contribution in [2.45, 2.75) is 13.5 Å². The van der Waals surface area contributed by atoms with Crippen molar-refractivity contribution in [3.8, 4) is 35.2 Å². The highest BCUT2D eigenvalue weighted by Crippen LogP contribution is 2.26. The van der Waals surface area contributed by atoms with Gasteiger partial charge >= 0.3 is 0 Å². The molecule has 1 N–H and O–H groups in total. The lowest BCUT2D eigenvalue weighted by Gasteiger charge is -2.13. The molecular formula is C22H19NO2. The van der Waals surface area contributed by atoms with Gasteiger partial charge in [-0.3, -0.25) is 0 Å². The molecule has 0 aromatic heterocycles. The Hall–Kier alpha value is -3.30. The smallest absolute Gasteiger partial charge is 0.149 e. The monoisotopic (exact) mass is 329 g/mol. The highest BCUT2D eigenvalue weighted by atomic mass is 16.5. The third-order valence-corrected chi connectivity index (χ3v) is 3.64. The highest BCUT2D eigenvalue weighted by Gasteiger charge is 2.06. The molecule has 0 spiro atoms. The molecule has 3 rings (SSSR count). The van der Waals surface area contributed by atoms with Crippen LogP contribution in [0.5, 0.6) is 11.5 Å². The van der Waals surface area contributed by atoms with Crippen LogP contribution in [0.15, 0.2) is 54.6 Å². The summed E-state index contributed by atoms with van der Waals surface area (Å²) in [5.41, 5.74) is 3.36. The Morgan fingerprint density at radius 3 is 2.40 bits per heavy atom. The van der Waals surface area contributed by atoms with Crippen molar-refractivity contribution in [1.29, 1.82) is 0 Å². The van der Waals surface area contributed by atoms with Crippen molar-refractivity contribution in [2.24, 2.45) is 0 Å². The van der Waals surface area contributed by atoms with Crippen molar-refractivity contribution in [1.82, 2.24) is 0 Å². The van der Waals surface area contributed by atoms with E-state index in [0.29, 0.717) is 19.8 Å². The summed E-state index contributed by atoms with van der Waals surface area (Å²) >= 11 is 0. The third-order valence-electron chi connectivity index (χ3n) is 3.64. The van der Waals surface area contributed by atoms with Crippen LogP contribution in [-0.4, -0.2) is 13.2 Å². The Kier molecular flexibility index (Phi) is 5.64. The average molecular weight is 329 g/mol. The van der Waals surface area contributed by atoms with Crippen LogP contribution in [-0.2, 0) is 6.54 Å². The number of ether oxygens (including phenoxy) is 2. The van der Waals surface area contributed by atoms with Gasteiger partial charge in [0.05, 0.1) is 0 Å². The zero-order valence-corrected chi connectivity index (χ0v) is 14.1. The first-order valence-electron chi connectivity index (χ1n) is 8.12. The van der Waals surface area contributed by atoms with E-state index in [0.717, 1.165) is 22.7 Å². The summed E-state index contributed by atoms with van der Waals surface area (Å²) in [6.07, 6.45) is 3.42. The van der Waals surface area contributed by atoms with Gasteiger partial charge in [-0.05, 0) is 43.3 Å². The van der Waals surface area contributed by atoms with Gasteiger partial charge in [0.2, 0.25) is 0 Å². The van der Waals surface area contributed by atoms with Gasteiger partial charge in [-0.25, -0.2) is 0 Å². The predicted octanol–water partition coefficient (Wildman–Crippen LogP) is 3.94. The van der Waals surface area contributed by atoms with Gasteiger partial charge in [0.1, 0.15) is 24.7 Å². The first kappa shape index (κ1) is 16.6. The zero-order valence-electron chi connectivity index (χ0n) is 14.1. The first-order valence-corrected chi connectivity index (χ1v) is 8.12. The van der Waals surface area contributed by atoms with E-state index in [1.54, 1.807) is 12.2 Å². The largest absolute Gasteiger partial charge is 0.481 e. The second kappa shape index (κ2) is 8.52. The molecule has 0 fully saturated rings. The topological polar surface area (TPSA) is 30.5 Å². The Labute approximate surface area is 148 Å². The van der Waals surface area contributed by atoms with Crippen LogP contribution in [0.2, 0.25) is 0 Å². The normalized spacial score (nSPS) is 13.8. The molecule has 0 amide bonds. The van der Waals surface area contributed by atoms with Crippen LogP contribution in [0.25, 0.3) is 0 Å². The molecule has 2 aromatic rings. The lowest BCUT2D eigenvalue weighted by Crippen LogP contribution is -2.04. The van der Waals surface area contributed by atoms with E-state index in [9.17, 15) is 0 Å². The van der Waals surface area contributed by atoms with Gasteiger partial charge in [-0.1, -0.05) is 41.4 Å². The van der Waals surface area contributed by atoms with E-state index >= 15 is 0 Å². The SMILES string of the molecule is Cc1ccc(NCc2ccc3cc2OCC#C/C=C\C#CCO3)cc1. The fourth-order valence-corrected chi connectivity index (χ4v) is 2.29.